The number of aromatic nitrogens is 2. The molecular formula is C21H32N4O3. The molecule has 0 radical (unpaired) electrons. The third-order valence-electron chi connectivity index (χ3n) is 6.94. The Hall–Kier alpha value is -1.89. The van der Waals surface area contributed by atoms with Gasteiger partial charge in [-0.05, 0) is 30.6 Å². The number of hydrogen-bond acceptors (Lipinski definition) is 4. The number of carbonyl (C=O) groups excluding carboxylic acids is 2. The van der Waals surface area contributed by atoms with Gasteiger partial charge in [-0.15, -0.1) is 0 Å². The lowest BCUT2D eigenvalue weighted by Crippen LogP contribution is -2.41. The highest BCUT2D eigenvalue weighted by atomic mass is 16.5. The van der Waals surface area contributed by atoms with E-state index in [0.29, 0.717) is 44.3 Å². The number of imidazole rings is 1. The van der Waals surface area contributed by atoms with Gasteiger partial charge in [0, 0.05) is 45.8 Å². The van der Waals surface area contributed by atoms with E-state index in [2.05, 4.69) is 4.98 Å². The number of rotatable bonds is 4. The van der Waals surface area contributed by atoms with Gasteiger partial charge in [-0.3, -0.25) is 9.59 Å². The van der Waals surface area contributed by atoms with Crippen molar-refractivity contribution in [3.63, 3.8) is 0 Å². The first-order valence-corrected chi connectivity index (χ1v) is 10.7. The molecule has 154 valence electrons. The number of ether oxygens (including phenoxy) is 1. The molecule has 1 aliphatic carbocycles. The third kappa shape index (κ3) is 3.95. The van der Waals surface area contributed by atoms with Gasteiger partial charge in [-0.25, -0.2) is 4.98 Å². The van der Waals surface area contributed by atoms with Crippen LogP contribution in [0.15, 0.2) is 12.5 Å². The number of nitrogens with zero attached hydrogens (tertiary/aromatic N) is 4. The zero-order valence-corrected chi connectivity index (χ0v) is 16.9. The second kappa shape index (κ2) is 8.23. The summed E-state index contributed by atoms with van der Waals surface area (Å²) in [5.41, 5.74) is 0.715. The topological polar surface area (TPSA) is 67.7 Å². The lowest BCUT2D eigenvalue weighted by molar-refractivity contribution is -0.135. The summed E-state index contributed by atoms with van der Waals surface area (Å²) in [4.78, 5) is 33.8. The van der Waals surface area contributed by atoms with Crippen LogP contribution in [0.5, 0.6) is 0 Å². The molecule has 2 aliphatic heterocycles. The Morgan fingerprint density at radius 1 is 1.18 bits per heavy atom. The zero-order valence-electron chi connectivity index (χ0n) is 16.9. The molecule has 2 amide bonds. The summed E-state index contributed by atoms with van der Waals surface area (Å²) in [5.74, 6) is 0.682. The Morgan fingerprint density at radius 3 is 2.61 bits per heavy atom. The summed E-state index contributed by atoms with van der Waals surface area (Å²) in [6.07, 6.45) is 11.0. The van der Waals surface area contributed by atoms with Gasteiger partial charge in [0.2, 0.25) is 5.91 Å². The largest absolute Gasteiger partial charge is 0.378 e. The summed E-state index contributed by atoms with van der Waals surface area (Å²) >= 11 is 0. The Labute approximate surface area is 167 Å². The van der Waals surface area contributed by atoms with E-state index in [1.165, 1.54) is 32.1 Å². The number of carbonyl (C=O) groups is 2. The third-order valence-corrected chi connectivity index (χ3v) is 6.94. The van der Waals surface area contributed by atoms with Crippen molar-refractivity contribution in [2.24, 2.45) is 18.4 Å². The molecule has 1 unspecified atom stereocenters. The van der Waals surface area contributed by atoms with Gasteiger partial charge in [-0.2, -0.15) is 0 Å². The minimum absolute atomic E-state index is 0.0348. The minimum Gasteiger partial charge on any atom is -0.378 e. The van der Waals surface area contributed by atoms with Crippen molar-refractivity contribution in [1.82, 2.24) is 19.4 Å². The molecule has 3 heterocycles. The van der Waals surface area contributed by atoms with Crippen molar-refractivity contribution in [3.05, 3.63) is 18.2 Å². The molecule has 7 nitrogen and oxygen atoms in total. The van der Waals surface area contributed by atoms with E-state index < -0.39 is 0 Å². The molecule has 3 aliphatic rings. The Kier molecular flexibility index (Phi) is 5.71. The molecule has 0 aromatic carbocycles. The molecule has 1 atom stereocenters. The van der Waals surface area contributed by atoms with Crippen LogP contribution in [0.4, 0.5) is 0 Å². The van der Waals surface area contributed by atoms with E-state index in [4.69, 9.17) is 4.74 Å². The van der Waals surface area contributed by atoms with Crippen LogP contribution in [0, 0.1) is 11.3 Å². The fourth-order valence-corrected chi connectivity index (χ4v) is 5.36. The van der Waals surface area contributed by atoms with E-state index in [9.17, 15) is 9.59 Å². The summed E-state index contributed by atoms with van der Waals surface area (Å²) in [7, 11) is 1.89. The van der Waals surface area contributed by atoms with Gasteiger partial charge >= 0.3 is 0 Å². The number of likely N-dealkylation sites (tertiary alicyclic amines) is 1. The van der Waals surface area contributed by atoms with Crippen molar-refractivity contribution in [3.8, 4) is 0 Å². The number of morpholine rings is 1. The van der Waals surface area contributed by atoms with Gasteiger partial charge in [-0.1, -0.05) is 19.3 Å². The molecule has 2 saturated heterocycles. The lowest BCUT2D eigenvalue weighted by atomic mass is 9.66. The van der Waals surface area contributed by atoms with Crippen LogP contribution < -0.4 is 0 Å². The van der Waals surface area contributed by atoms with Gasteiger partial charge in [0.1, 0.15) is 5.69 Å². The maximum Gasteiger partial charge on any atom is 0.274 e. The quantitative estimate of drug-likeness (QED) is 0.792. The van der Waals surface area contributed by atoms with Gasteiger partial charge < -0.3 is 19.1 Å². The molecule has 3 fully saturated rings. The van der Waals surface area contributed by atoms with Crippen LogP contribution in [0.1, 0.15) is 55.4 Å². The highest BCUT2D eigenvalue weighted by molar-refractivity contribution is 5.92. The highest BCUT2D eigenvalue weighted by Gasteiger charge is 2.48. The molecule has 1 aromatic rings. The summed E-state index contributed by atoms with van der Waals surface area (Å²) in [6.45, 7) is 4.28. The Balaban J connectivity index is 1.43. The molecular weight excluding hydrogens is 356 g/mol. The van der Waals surface area contributed by atoms with Gasteiger partial charge in [0.25, 0.3) is 5.91 Å². The fraction of sp³-hybridized carbons (Fsp3) is 0.762. The van der Waals surface area contributed by atoms with Gasteiger partial charge in [0.15, 0.2) is 0 Å². The van der Waals surface area contributed by atoms with Crippen molar-refractivity contribution >= 4 is 11.8 Å². The first-order valence-electron chi connectivity index (χ1n) is 10.7. The van der Waals surface area contributed by atoms with Crippen molar-refractivity contribution in [1.29, 1.82) is 0 Å². The summed E-state index contributed by atoms with van der Waals surface area (Å²) in [6, 6.07) is 0. The van der Waals surface area contributed by atoms with E-state index in [-0.39, 0.29) is 17.2 Å². The first kappa shape index (κ1) is 19.4. The second-order valence-corrected chi connectivity index (χ2v) is 8.76. The Morgan fingerprint density at radius 2 is 1.93 bits per heavy atom. The average molecular weight is 389 g/mol. The zero-order chi connectivity index (χ0) is 19.6. The molecule has 0 bridgehead atoms. The summed E-state index contributed by atoms with van der Waals surface area (Å²) in [5, 5.41) is 0. The first-order chi connectivity index (χ1) is 13.6. The fourth-order valence-electron chi connectivity index (χ4n) is 5.36. The number of aryl methyl sites for hydroxylation is 1. The molecule has 1 saturated carbocycles. The molecule has 4 rings (SSSR count). The monoisotopic (exact) mass is 388 g/mol. The standard InChI is InChI=1S/C21H32N4O3/c1-23-14-18(22-16-23)20(27)25-13-17(21(15-25)7-3-2-4-8-21)5-6-19(26)24-9-11-28-12-10-24/h14,16-17H,2-13,15H2,1H3. The highest BCUT2D eigenvalue weighted by Crippen LogP contribution is 2.49. The Bertz CT molecular complexity index is 704. The van der Waals surface area contributed by atoms with Crippen molar-refractivity contribution in [2.75, 3.05) is 39.4 Å². The lowest BCUT2D eigenvalue weighted by Gasteiger charge is -2.38. The van der Waals surface area contributed by atoms with Crippen molar-refractivity contribution < 1.29 is 14.3 Å². The molecule has 28 heavy (non-hydrogen) atoms. The SMILES string of the molecule is Cn1cnc(C(=O)N2CC(CCC(=O)N3CCOCC3)C3(CCCCC3)C2)c1. The van der Waals surface area contributed by atoms with E-state index in [0.717, 1.165) is 19.5 Å². The van der Waals surface area contributed by atoms with Gasteiger partial charge in [0.05, 0.1) is 19.5 Å². The predicted octanol–water partition coefficient (Wildman–Crippen LogP) is 2.08. The maximum absolute atomic E-state index is 13.0. The molecule has 0 N–H and O–H groups in total. The average Bonchev–Trinajstić information content (AvgIpc) is 3.31. The van der Waals surface area contributed by atoms with E-state index in [1.807, 2.05) is 21.4 Å². The van der Waals surface area contributed by atoms with Crippen LogP contribution >= 0.6 is 0 Å². The maximum atomic E-state index is 13.0. The minimum atomic E-state index is 0.0348. The van der Waals surface area contributed by atoms with Crippen molar-refractivity contribution in [2.45, 2.75) is 44.9 Å². The number of hydrogen-bond donors (Lipinski definition) is 0. The number of amides is 2. The van der Waals surface area contributed by atoms with Crippen LogP contribution in [0.3, 0.4) is 0 Å². The van der Waals surface area contributed by atoms with Crippen LogP contribution in [0.2, 0.25) is 0 Å². The van der Waals surface area contributed by atoms with Crippen LogP contribution in [0.25, 0.3) is 0 Å². The molecule has 1 aromatic heterocycles. The predicted molar refractivity (Wildman–Crippen MR) is 105 cm³/mol. The normalized spacial score (nSPS) is 24.7. The van der Waals surface area contributed by atoms with Crippen LogP contribution in [-0.4, -0.2) is 70.6 Å². The van der Waals surface area contributed by atoms with E-state index >= 15 is 0 Å². The molecule has 1 spiro atoms. The molecule has 7 heteroatoms. The second-order valence-electron chi connectivity index (χ2n) is 8.76. The van der Waals surface area contributed by atoms with Crippen LogP contribution in [-0.2, 0) is 16.6 Å². The smallest absolute Gasteiger partial charge is 0.274 e. The summed E-state index contributed by atoms with van der Waals surface area (Å²) < 4.78 is 7.17. The van der Waals surface area contributed by atoms with E-state index in [1.54, 1.807) is 12.5 Å².